The summed E-state index contributed by atoms with van der Waals surface area (Å²) in [5, 5.41) is 3.09. The monoisotopic (exact) mass is 333 g/mol. The highest BCUT2D eigenvalue weighted by Gasteiger charge is 2.14. The highest BCUT2D eigenvalue weighted by Crippen LogP contribution is 2.22. The third kappa shape index (κ3) is 6.33. The quantitative estimate of drug-likeness (QED) is 0.869. The fourth-order valence-corrected chi connectivity index (χ4v) is 1.79. The van der Waals surface area contributed by atoms with E-state index in [1.165, 1.54) is 4.90 Å². The van der Waals surface area contributed by atoms with E-state index in [9.17, 15) is 9.59 Å². The molecule has 0 bridgehead atoms. The average molecular weight is 334 g/mol. The molecule has 0 aliphatic heterocycles. The number of amides is 2. The molecule has 0 heterocycles. The molecule has 1 unspecified atom stereocenters. The third-order valence-electron chi connectivity index (χ3n) is 2.71. The SMILES string of the molecule is CC(N)CCC(=O)Nc1ccc(Cl)c(C(=O)N(C)C)c1.Cl. The third-order valence-corrected chi connectivity index (χ3v) is 3.04. The Balaban J connectivity index is 0.00000400. The van der Waals surface area contributed by atoms with Crippen molar-refractivity contribution in [2.75, 3.05) is 19.4 Å². The molecular weight excluding hydrogens is 313 g/mol. The maximum absolute atomic E-state index is 11.9. The van der Waals surface area contributed by atoms with E-state index in [0.29, 0.717) is 29.1 Å². The van der Waals surface area contributed by atoms with Crippen LogP contribution in [0.2, 0.25) is 5.02 Å². The van der Waals surface area contributed by atoms with Gasteiger partial charge in [0.15, 0.2) is 0 Å². The van der Waals surface area contributed by atoms with E-state index < -0.39 is 0 Å². The van der Waals surface area contributed by atoms with Crippen LogP contribution < -0.4 is 11.1 Å². The molecule has 1 rings (SSSR count). The number of nitrogens with zero attached hydrogens (tertiary/aromatic N) is 1. The van der Waals surface area contributed by atoms with Gasteiger partial charge in [-0.3, -0.25) is 9.59 Å². The van der Waals surface area contributed by atoms with Crippen LogP contribution in [-0.4, -0.2) is 36.9 Å². The summed E-state index contributed by atoms with van der Waals surface area (Å²) in [6.45, 7) is 1.85. The summed E-state index contributed by atoms with van der Waals surface area (Å²) in [6, 6.07) is 4.82. The van der Waals surface area contributed by atoms with Gasteiger partial charge in [0.2, 0.25) is 5.91 Å². The van der Waals surface area contributed by atoms with Crippen molar-refractivity contribution in [2.24, 2.45) is 5.73 Å². The molecule has 7 heteroatoms. The zero-order valence-corrected chi connectivity index (χ0v) is 13.9. The van der Waals surface area contributed by atoms with E-state index in [1.54, 1.807) is 32.3 Å². The molecular formula is C14H21Cl2N3O2. The van der Waals surface area contributed by atoms with E-state index in [0.717, 1.165) is 0 Å². The summed E-state index contributed by atoms with van der Waals surface area (Å²) in [4.78, 5) is 25.1. The van der Waals surface area contributed by atoms with Crippen molar-refractivity contribution in [3.63, 3.8) is 0 Å². The molecule has 3 N–H and O–H groups in total. The Morgan fingerprint density at radius 1 is 1.38 bits per heavy atom. The molecule has 1 aromatic carbocycles. The number of carbonyl (C=O) groups excluding carboxylic acids is 2. The first kappa shape index (κ1) is 19.7. The van der Waals surface area contributed by atoms with Crippen LogP contribution in [0.1, 0.15) is 30.1 Å². The lowest BCUT2D eigenvalue weighted by Gasteiger charge is -2.13. The molecule has 1 atom stereocenters. The Bertz CT molecular complexity index is 505. The Morgan fingerprint density at radius 2 is 2.00 bits per heavy atom. The van der Waals surface area contributed by atoms with Crippen LogP contribution in [0.15, 0.2) is 18.2 Å². The second kappa shape index (κ2) is 8.87. The minimum Gasteiger partial charge on any atom is -0.345 e. The molecule has 0 aromatic heterocycles. The van der Waals surface area contributed by atoms with Crippen molar-refractivity contribution in [2.45, 2.75) is 25.8 Å². The van der Waals surface area contributed by atoms with Crippen molar-refractivity contribution >= 4 is 41.5 Å². The van der Waals surface area contributed by atoms with Crippen LogP contribution in [0.25, 0.3) is 0 Å². The second-order valence-corrected chi connectivity index (χ2v) is 5.37. The van der Waals surface area contributed by atoms with E-state index in [4.69, 9.17) is 17.3 Å². The van der Waals surface area contributed by atoms with Gasteiger partial charge >= 0.3 is 0 Å². The second-order valence-electron chi connectivity index (χ2n) is 4.96. The summed E-state index contributed by atoms with van der Waals surface area (Å²) in [5.41, 5.74) is 6.52. The summed E-state index contributed by atoms with van der Waals surface area (Å²) >= 11 is 6.00. The topological polar surface area (TPSA) is 75.4 Å². The minimum atomic E-state index is -0.207. The first-order valence-corrected chi connectivity index (χ1v) is 6.75. The van der Waals surface area contributed by atoms with Crippen molar-refractivity contribution in [3.05, 3.63) is 28.8 Å². The van der Waals surface area contributed by atoms with Gasteiger partial charge in [-0.2, -0.15) is 0 Å². The Morgan fingerprint density at radius 3 is 2.52 bits per heavy atom. The van der Waals surface area contributed by atoms with Gasteiger partial charge in [0.1, 0.15) is 0 Å². The molecule has 0 aliphatic carbocycles. The molecule has 5 nitrogen and oxygen atoms in total. The molecule has 2 amide bonds. The van der Waals surface area contributed by atoms with Crippen molar-refractivity contribution in [3.8, 4) is 0 Å². The standard InChI is InChI=1S/C14H20ClN3O2.ClH/c1-9(16)4-7-13(19)17-10-5-6-12(15)11(8-10)14(20)18(2)3;/h5-6,8-9H,4,7,16H2,1-3H3,(H,17,19);1H. The highest BCUT2D eigenvalue weighted by atomic mass is 35.5. The number of rotatable bonds is 5. The maximum atomic E-state index is 11.9. The Hall–Kier alpha value is -1.30. The highest BCUT2D eigenvalue weighted by molar-refractivity contribution is 6.34. The van der Waals surface area contributed by atoms with E-state index in [1.807, 2.05) is 6.92 Å². The molecule has 0 saturated carbocycles. The number of carbonyl (C=O) groups is 2. The van der Waals surface area contributed by atoms with Crippen LogP contribution >= 0.6 is 24.0 Å². The van der Waals surface area contributed by atoms with Gasteiger partial charge in [-0.15, -0.1) is 12.4 Å². The molecule has 1 aromatic rings. The predicted molar refractivity (Wildman–Crippen MR) is 88.2 cm³/mol. The molecule has 118 valence electrons. The van der Waals surface area contributed by atoms with Crippen LogP contribution in [-0.2, 0) is 4.79 Å². The summed E-state index contributed by atoms with van der Waals surface area (Å²) in [7, 11) is 3.29. The van der Waals surface area contributed by atoms with Crippen molar-refractivity contribution in [1.29, 1.82) is 0 Å². The lowest BCUT2D eigenvalue weighted by Crippen LogP contribution is -2.22. The fourth-order valence-electron chi connectivity index (χ4n) is 1.59. The first-order valence-electron chi connectivity index (χ1n) is 6.38. The summed E-state index contributed by atoms with van der Waals surface area (Å²) in [6.07, 6.45) is 0.958. The lowest BCUT2D eigenvalue weighted by molar-refractivity contribution is -0.116. The van der Waals surface area contributed by atoms with Gasteiger partial charge < -0.3 is 16.0 Å². The normalized spacial score (nSPS) is 11.3. The number of hydrogen-bond donors (Lipinski definition) is 2. The van der Waals surface area contributed by atoms with Gasteiger partial charge in [-0.05, 0) is 31.5 Å². The van der Waals surface area contributed by atoms with Crippen LogP contribution in [0.5, 0.6) is 0 Å². The van der Waals surface area contributed by atoms with Gasteiger partial charge in [-0.25, -0.2) is 0 Å². The molecule has 0 spiro atoms. The van der Waals surface area contributed by atoms with Crippen LogP contribution in [0.3, 0.4) is 0 Å². The van der Waals surface area contributed by atoms with Gasteiger partial charge in [0.25, 0.3) is 5.91 Å². The molecule has 21 heavy (non-hydrogen) atoms. The zero-order chi connectivity index (χ0) is 15.3. The minimum absolute atomic E-state index is 0. The van der Waals surface area contributed by atoms with Gasteiger partial charge in [0.05, 0.1) is 10.6 Å². The van der Waals surface area contributed by atoms with Crippen LogP contribution in [0, 0.1) is 0 Å². The summed E-state index contributed by atoms with van der Waals surface area (Å²) < 4.78 is 0. The smallest absolute Gasteiger partial charge is 0.254 e. The molecule has 0 aliphatic rings. The summed E-state index contributed by atoms with van der Waals surface area (Å²) in [5.74, 6) is -0.338. The Labute approximate surface area is 136 Å². The Kier molecular flexibility index (Phi) is 8.32. The average Bonchev–Trinajstić information content (AvgIpc) is 2.37. The lowest BCUT2D eigenvalue weighted by atomic mass is 10.1. The molecule has 0 radical (unpaired) electrons. The zero-order valence-electron chi connectivity index (χ0n) is 12.4. The number of nitrogens with one attached hydrogen (secondary N) is 1. The van der Waals surface area contributed by atoms with E-state index >= 15 is 0 Å². The number of halogens is 2. The van der Waals surface area contributed by atoms with Gasteiger partial charge in [0, 0.05) is 32.2 Å². The largest absolute Gasteiger partial charge is 0.345 e. The number of benzene rings is 1. The maximum Gasteiger partial charge on any atom is 0.254 e. The van der Waals surface area contributed by atoms with Crippen LogP contribution in [0.4, 0.5) is 5.69 Å². The number of anilines is 1. The van der Waals surface area contributed by atoms with E-state index in [-0.39, 0.29) is 30.3 Å². The van der Waals surface area contributed by atoms with Crippen molar-refractivity contribution in [1.82, 2.24) is 4.90 Å². The first-order chi connectivity index (χ1) is 9.31. The predicted octanol–water partition coefficient (Wildman–Crippen LogP) is 2.53. The fraction of sp³-hybridized carbons (Fsp3) is 0.429. The van der Waals surface area contributed by atoms with Gasteiger partial charge in [-0.1, -0.05) is 11.6 Å². The molecule has 0 saturated heterocycles. The molecule has 0 fully saturated rings. The number of hydrogen-bond acceptors (Lipinski definition) is 3. The van der Waals surface area contributed by atoms with E-state index in [2.05, 4.69) is 5.32 Å². The van der Waals surface area contributed by atoms with Crippen molar-refractivity contribution < 1.29 is 9.59 Å². The number of nitrogens with two attached hydrogens (primary N) is 1.